The van der Waals surface area contributed by atoms with Gasteiger partial charge in [0.15, 0.2) is 0 Å². The fraction of sp³-hybridized carbons (Fsp3) is 0.500. The van der Waals surface area contributed by atoms with Crippen LogP contribution in [-0.2, 0) is 10.0 Å². The molecule has 2 N–H and O–H groups in total. The topological polar surface area (TPSA) is 113 Å². The molecule has 112 valence electrons. The Kier molecular flexibility index (Phi) is 5.90. The monoisotopic (exact) mass is 302 g/mol. The van der Waals surface area contributed by atoms with E-state index in [1.807, 2.05) is 0 Å². The minimum absolute atomic E-state index is 0.0242. The number of hydrogen-bond acceptors (Lipinski definition) is 5. The zero-order valence-electron chi connectivity index (χ0n) is 11.2. The number of nitrogens with zero attached hydrogens (tertiary/aromatic N) is 1. The van der Waals surface area contributed by atoms with Crippen molar-refractivity contribution in [1.29, 1.82) is 0 Å². The Bertz CT molecular complexity index is 571. The number of rotatable bonds is 8. The molecule has 8 heteroatoms. The largest absolute Gasteiger partial charge is 0.493 e. The number of primary sulfonamides is 1. The number of nitro benzene ring substituents is 1. The van der Waals surface area contributed by atoms with Crippen LogP contribution in [0.4, 0.5) is 5.69 Å². The van der Waals surface area contributed by atoms with E-state index in [0.717, 1.165) is 0 Å². The van der Waals surface area contributed by atoms with E-state index >= 15 is 0 Å². The van der Waals surface area contributed by atoms with Crippen LogP contribution in [0.25, 0.3) is 0 Å². The third kappa shape index (κ3) is 5.98. The van der Waals surface area contributed by atoms with Gasteiger partial charge in [-0.2, -0.15) is 0 Å². The maximum Gasteiger partial charge on any atom is 0.269 e. The Morgan fingerprint density at radius 1 is 1.30 bits per heavy atom. The number of aryl methyl sites for hydroxylation is 1. The molecule has 20 heavy (non-hydrogen) atoms. The second-order valence-electron chi connectivity index (χ2n) is 4.48. The van der Waals surface area contributed by atoms with Crippen LogP contribution >= 0.6 is 0 Å². The van der Waals surface area contributed by atoms with Gasteiger partial charge in [-0.15, -0.1) is 0 Å². The van der Waals surface area contributed by atoms with Crippen molar-refractivity contribution in [3.63, 3.8) is 0 Å². The van der Waals surface area contributed by atoms with Crippen molar-refractivity contribution >= 4 is 15.7 Å². The first-order valence-corrected chi connectivity index (χ1v) is 7.89. The van der Waals surface area contributed by atoms with E-state index in [1.165, 1.54) is 12.1 Å². The molecule has 0 unspecified atom stereocenters. The summed E-state index contributed by atoms with van der Waals surface area (Å²) in [6.45, 7) is 2.17. The summed E-state index contributed by atoms with van der Waals surface area (Å²) in [6.07, 6.45) is 1.90. The number of ether oxygens (including phenoxy) is 1. The van der Waals surface area contributed by atoms with Crippen molar-refractivity contribution in [2.75, 3.05) is 12.4 Å². The van der Waals surface area contributed by atoms with Gasteiger partial charge in [-0.1, -0.05) is 0 Å². The smallest absolute Gasteiger partial charge is 0.269 e. The number of hydrogen-bond donors (Lipinski definition) is 1. The highest BCUT2D eigenvalue weighted by Gasteiger charge is 2.08. The van der Waals surface area contributed by atoms with Crippen LogP contribution in [0.5, 0.6) is 5.75 Å². The molecular weight excluding hydrogens is 284 g/mol. The zero-order chi connectivity index (χ0) is 15.2. The van der Waals surface area contributed by atoms with Crippen molar-refractivity contribution in [3.05, 3.63) is 33.9 Å². The predicted octanol–water partition coefficient (Wildman–Crippen LogP) is 1.74. The van der Waals surface area contributed by atoms with E-state index in [1.54, 1.807) is 13.0 Å². The molecule has 0 aromatic heterocycles. The van der Waals surface area contributed by atoms with Crippen LogP contribution in [-0.4, -0.2) is 25.7 Å². The zero-order valence-corrected chi connectivity index (χ0v) is 12.1. The number of nitro groups is 1. The van der Waals surface area contributed by atoms with Crippen molar-refractivity contribution in [2.24, 2.45) is 5.14 Å². The van der Waals surface area contributed by atoms with E-state index < -0.39 is 14.9 Å². The Hall–Kier alpha value is -1.67. The van der Waals surface area contributed by atoms with Crippen molar-refractivity contribution in [1.82, 2.24) is 0 Å². The normalized spacial score (nSPS) is 11.3. The molecular formula is C12H18N2O5S. The van der Waals surface area contributed by atoms with Gasteiger partial charge < -0.3 is 4.74 Å². The highest BCUT2D eigenvalue weighted by Crippen LogP contribution is 2.23. The summed E-state index contributed by atoms with van der Waals surface area (Å²) in [4.78, 5) is 10.1. The van der Waals surface area contributed by atoms with Crippen LogP contribution < -0.4 is 9.88 Å². The van der Waals surface area contributed by atoms with Gasteiger partial charge in [0.2, 0.25) is 10.0 Å². The predicted molar refractivity (Wildman–Crippen MR) is 75.2 cm³/mol. The lowest BCUT2D eigenvalue weighted by atomic mass is 10.2. The summed E-state index contributed by atoms with van der Waals surface area (Å²) in [5.74, 6) is 0.575. The summed E-state index contributed by atoms with van der Waals surface area (Å²) in [5, 5.41) is 15.5. The van der Waals surface area contributed by atoms with Gasteiger partial charge in [0, 0.05) is 12.1 Å². The molecule has 0 fully saturated rings. The molecule has 0 saturated carbocycles. The maximum absolute atomic E-state index is 10.7. The lowest BCUT2D eigenvalue weighted by Gasteiger charge is -2.08. The fourth-order valence-corrected chi connectivity index (χ4v) is 2.28. The number of unbranched alkanes of at least 4 members (excludes halogenated alkanes) is 2. The molecule has 0 aliphatic carbocycles. The molecule has 1 aromatic carbocycles. The van der Waals surface area contributed by atoms with Crippen LogP contribution in [0.15, 0.2) is 18.2 Å². The van der Waals surface area contributed by atoms with Gasteiger partial charge >= 0.3 is 0 Å². The second-order valence-corrected chi connectivity index (χ2v) is 6.22. The van der Waals surface area contributed by atoms with E-state index in [2.05, 4.69) is 0 Å². The summed E-state index contributed by atoms with van der Waals surface area (Å²) in [5.41, 5.74) is 0.728. The summed E-state index contributed by atoms with van der Waals surface area (Å²) >= 11 is 0. The highest BCUT2D eigenvalue weighted by atomic mass is 32.2. The third-order valence-electron chi connectivity index (χ3n) is 2.70. The van der Waals surface area contributed by atoms with Crippen molar-refractivity contribution in [2.45, 2.75) is 26.2 Å². The maximum atomic E-state index is 10.7. The molecule has 0 saturated heterocycles. The third-order valence-corrected chi connectivity index (χ3v) is 3.56. The van der Waals surface area contributed by atoms with E-state index in [0.29, 0.717) is 37.2 Å². The molecule has 0 aliphatic rings. The Labute approximate surface area is 117 Å². The minimum atomic E-state index is -3.39. The standard InChI is InChI=1S/C12H18N2O5S/c1-10-9-11(14(15)16)5-6-12(10)19-7-3-2-4-8-20(13,17)18/h5-6,9H,2-4,7-8H2,1H3,(H2,13,17,18). The van der Waals surface area contributed by atoms with Crippen LogP contribution in [0.1, 0.15) is 24.8 Å². The van der Waals surface area contributed by atoms with Gasteiger partial charge in [-0.25, -0.2) is 13.6 Å². The lowest BCUT2D eigenvalue weighted by Crippen LogP contribution is -2.16. The summed E-state index contributed by atoms with van der Waals surface area (Å²) < 4.78 is 26.9. The number of sulfonamides is 1. The highest BCUT2D eigenvalue weighted by molar-refractivity contribution is 7.89. The van der Waals surface area contributed by atoms with Crippen molar-refractivity contribution < 1.29 is 18.1 Å². The average Bonchev–Trinajstić information content (AvgIpc) is 2.33. The second kappa shape index (κ2) is 7.20. The van der Waals surface area contributed by atoms with Crippen molar-refractivity contribution in [3.8, 4) is 5.75 Å². The Morgan fingerprint density at radius 3 is 2.55 bits per heavy atom. The molecule has 0 radical (unpaired) electrons. The Balaban J connectivity index is 2.34. The van der Waals surface area contributed by atoms with E-state index in [4.69, 9.17) is 9.88 Å². The first-order chi connectivity index (χ1) is 9.29. The van der Waals surface area contributed by atoms with Gasteiger partial charge in [-0.05, 0) is 37.8 Å². The SMILES string of the molecule is Cc1cc([N+](=O)[O-])ccc1OCCCCCS(N)(=O)=O. The quantitative estimate of drug-likeness (QED) is 0.446. The summed E-state index contributed by atoms with van der Waals surface area (Å²) in [6, 6.07) is 4.41. The number of nitrogens with two attached hydrogens (primary N) is 1. The first kappa shape index (κ1) is 16.4. The van der Waals surface area contributed by atoms with Gasteiger partial charge in [0.05, 0.1) is 17.3 Å². The minimum Gasteiger partial charge on any atom is -0.493 e. The van der Waals surface area contributed by atoms with Crippen LogP contribution in [0, 0.1) is 17.0 Å². The first-order valence-electron chi connectivity index (χ1n) is 6.18. The van der Waals surface area contributed by atoms with Gasteiger partial charge in [-0.3, -0.25) is 10.1 Å². The van der Waals surface area contributed by atoms with E-state index in [-0.39, 0.29) is 11.4 Å². The number of benzene rings is 1. The van der Waals surface area contributed by atoms with E-state index in [9.17, 15) is 18.5 Å². The lowest BCUT2D eigenvalue weighted by molar-refractivity contribution is -0.384. The van der Waals surface area contributed by atoms with Crippen LogP contribution in [0.2, 0.25) is 0 Å². The number of non-ortho nitro benzene ring substituents is 1. The molecule has 0 aliphatic heterocycles. The molecule has 7 nitrogen and oxygen atoms in total. The molecule has 0 amide bonds. The van der Waals surface area contributed by atoms with Gasteiger partial charge in [0.25, 0.3) is 5.69 Å². The molecule has 1 rings (SSSR count). The fourth-order valence-electron chi connectivity index (χ4n) is 1.67. The average molecular weight is 302 g/mol. The molecule has 0 spiro atoms. The molecule has 0 atom stereocenters. The molecule has 0 heterocycles. The molecule has 0 bridgehead atoms. The van der Waals surface area contributed by atoms with Crippen LogP contribution in [0.3, 0.4) is 0 Å². The Morgan fingerprint density at radius 2 is 2.00 bits per heavy atom. The summed E-state index contributed by atoms with van der Waals surface area (Å²) in [7, 11) is -3.39. The molecule has 1 aromatic rings. The van der Waals surface area contributed by atoms with Gasteiger partial charge in [0.1, 0.15) is 5.75 Å².